The maximum absolute atomic E-state index is 12.0. The van der Waals surface area contributed by atoms with Crippen molar-refractivity contribution in [1.82, 2.24) is 0 Å². The van der Waals surface area contributed by atoms with Crippen LogP contribution in [0.25, 0.3) is 0 Å². The Morgan fingerprint density at radius 2 is 1.67 bits per heavy atom. The van der Waals surface area contributed by atoms with Crippen LogP contribution in [0, 0.1) is 0 Å². The predicted molar refractivity (Wildman–Crippen MR) is 75.9 cm³/mol. The highest BCUT2D eigenvalue weighted by atomic mass is 35.5. The van der Waals surface area contributed by atoms with E-state index >= 15 is 0 Å². The molecule has 0 aliphatic heterocycles. The number of benzene rings is 2. The second kappa shape index (κ2) is 5.61. The van der Waals surface area contributed by atoms with Crippen molar-refractivity contribution in [1.29, 1.82) is 0 Å². The summed E-state index contributed by atoms with van der Waals surface area (Å²) in [4.78, 5) is 12.0. The monoisotopic (exact) mass is 299 g/mol. The molecule has 2 rings (SSSR count). The number of nitrogens with one attached hydrogen (secondary N) is 1. The molecule has 0 aliphatic carbocycles. The van der Waals surface area contributed by atoms with E-state index in [1.165, 1.54) is 0 Å². The van der Waals surface area contributed by atoms with Crippen LogP contribution < -0.4 is 5.32 Å². The molecule has 0 heterocycles. The molecule has 2 nitrogen and oxygen atoms in total. The fourth-order valence-corrected chi connectivity index (χ4v) is 1.99. The highest BCUT2D eigenvalue weighted by Crippen LogP contribution is 2.26. The number of hydrogen-bond acceptors (Lipinski definition) is 1. The summed E-state index contributed by atoms with van der Waals surface area (Å²) >= 11 is 17.7. The van der Waals surface area contributed by atoms with Crippen LogP contribution in [0.2, 0.25) is 15.1 Å². The molecule has 0 unspecified atom stereocenters. The van der Waals surface area contributed by atoms with Crippen LogP contribution in [0.15, 0.2) is 42.5 Å². The lowest BCUT2D eigenvalue weighted by molar-refractivity contribution is 0.102. The van der Waals surface area contributed by atoms with Crippen LogP contribution in [0.3, 0.4) is 0 Å². The van der Waals surface area contributed by atoms with Crippen molar-refractivity contribution in [2.24, 2.45) is 0 Å². The van der Waals surface area contributed by atoms with E-state index in [0.29, 0.717) is 26.3 Å². The van der Waals surface area contributed by atoms with Crippen molar-refractivity contribution >= 4 is 46.4 Å². The lowest BCUT2D eigenvalue weighted by atomic mass is 10.2. The number of carbonyl (C=O) groups excluding carboxylic acids is 1. The molecule has 0 aliphatic rings. The molecule has 18 heavy (non-hydrogen) atoms. The maximum atomic E-state index is 12.0. The van der Waals surface area contributed by atoms with E-state index in [9.17, 15) is 4.79 Å². The minimum Gasteiger partial charge on any atom is -0.321 e. The lowest BCUT2D eigenvalue weighted by Gasteiger charge is -2.08. The van der Waals surface area contributed by atoms with Crippen LogP contribution in [0.4, 0.5) is 5.69 Å². The third-order valence-electron chi connectivity index (χ3n) is 2.30. The zero-order chi connectivity index (χ0) is 13.1. The van der Waals surface area contributed by atoms with Crippen molar-refractivity contribution in [2.75, 3.05) is 5.32 Å². The first-order valence-electron chi connectivity index (χ1n) is 5.09. The highest BCUT2D eigenvalue weighted by Gasteiger charge is 2.11. The summed E-state index contributed by atoms with van der Waals surface area (Å²) in [5.74, 6) is -0.329. The quantitative estimate of drug-likeness (QED) is 0.840. The van der Waals surface area contributed by atoms with Gasteiger partial charge in [0.2, 0.25) is 0 Å². The summed E-state index contributed by atoms with van der Waals surface area (Å²) in [6.07, 6.45) is 0. The molecule has 5 heteroatoms. The average molecular weight is 301 g/mol. The van der Waals surface area contributed by atoms with E-state index in [4.69, 9.17) is 34.8 Å². The van der Waals surface area contributed by atoms with E-state index in [2.05, 4.69) is 5.32 Å². The average Bonchev–Trinajstić information content (AvgIpc) is 2.34. The molecule has 0 saturated heterocycles. The standard InChI is InChI=1S/C13H8Cl3NO/c14-8-5-6-11(16)12(7-8)17-13(18)9-3-1-2-4-10(9)15/h1-7H,(H,17,18). The normalized spacial score (nSPS) is 10.2. The van der Waals surface area contributed by atoms with E-state index in [-0.39, 0.29) is 5.91 Å². The van der Waals surface area contributed by atoms with Crippen molar-refractivity contribution in [2.45, 2.75) is 0 Å². The lowest BCUT2D eigenvalue weighted by Crippen LogP contribution is -2.12. The van der Waals surface area contributed by atoms with E-state index < -0.39 is 0 Å². The molecule has 92 valence electrons. The van der Waals surface area contributed by atoms with Crippen molar-refractivity contribution in [3.63, 3.8) is 0 Å². The van der Waals surface area contributed by atoms with Gasteiger partial charge >= 0.3 is 0 Å². The van der Waals surface area contributed by atoms with E-state index in [1.807, 2.05) is 0 Å². The summed E-state index contributed by atoms with van der Waals surface area (Å²) in [6, 6.07) is 11.6. The summed E-state index contributed by atoms with van der Waals surface area (Å²) < 4.78 is 0. The van der Waals surface area contributed by atoms with Crippen molar-refractivity contribution < 1.29 is 4.79 Å². The third-order valence-corrected chi connectivity index (χ3v) is 3.19. The van der Waals surface area contributed by atoms with Crippen LogP contribution >= 0.6 is 34.8 Å². The predicted octanol–water partition coefficient (Wildman–Crippen LogP) is 4.90. The molecule has 0 fully saturated rings. The molecular formula is C13H8Cl3NO. The van der Waals surface area contributed by atoms with Gasteiger partial charge in [0.15, 0.2) is 0 Å². The van der Waals surface area contributed by atoms with Crippen LogP contribution in [-0.2, 0) is 0 Å². The second-order valence-electron chi connectivity index (χ2n) is 3.56. The van der Waals surface area contributed by atoms with Crippen molar-refractivity contribution in [3.8, 4) is 0 Å². The Bertz CT molecular complexity index is 599. The molecule has 1 amide bonds. The first kappa shape index (κ1) is 13.2. The SMILES string of the molecule is O=C(Nc1cc(Cl)ccc1Cl)c1ccccc1Cl. The smallest absolute Gasteiger partial charge is 0.257 e. The van der Waals surface area contributed by atoms with Gasteiger partial charge in [0.25, 0.3) is 5.91 Å². The first-order chi connectivity index (χ1) is 8.58. The molecule has 2 aromatic carbocycles. The fourth-order valence-electron chi connectivity index (χ4n) is 1.43. The first-order valence-corrected chi connectivity index (χ1v) is 6.22. The number of anilines is 1. The number of amides is 1. The van der Waals surface area contributed by atoms with Gasteiger partial charge in [-0.1, -0.05) is 46.9 Å². The number of hydrogen-bond donors (Lipinski definition) is 1. The van der Waals surface area contributed by atoms with Crippen LogP contribution in [-0.4, -0.2) is 5.91 Å². The van der Waals surface area contributed by atoms with Crippen LogP contribution in [0.1, 0.15) is 10.4 Å². The highest BCUT2D eigenvalue weighted by molar-refractivity contribution is 6.37. The van der Waals surface area contributed by atoms with Gasteiger partial charge in [-0.3, -0.25) is 4.79 Å². The summed E-state index contributed by atoms with van der Waals surface area (Å²) in [7, 11) is 0. The molecule has 0 spiro atoms. The van der Waals surface area contributed by atoms with Gasteiger partial charge in [-0.15, -0.1) is 0 Å². The van der Waals surface area contributed by atoms with Gasteiger partial charge in [-0.2, -0.15) is 0 Å². The van der Waals surface area contributed by atoms with Gasteiger partial charge in [0.1, 0.15) is 0 Å². The van der Waals surface area contributed by atoms with E-state index in [0.717, 1.165) is 0 Å². The molecule has 0 aromatic heterocycles. The Morgan fingerprint density at radius 1 is 0.944 bits per heavy atom. The molecular weight excluding hydrogens is 293 g/mol. The third kappa shape index (κ3) is 2.96. The molecule has 0 bridgehead atoms. The zero-order valence-corrected chi connectivity index (χ0v) is 11.4. The largest absolute Gasteiger partial charge is 0.321 e. The number of halogens is 3. The van der Waals surface area contributed by atoms with Gasteiger partial charge in [0.05, 0.1) is 21.3 Å². The topological polar surface area (TPSA) is 29.1 Å². The fraction of sp³-hybridized carbons (Fsp3) is 0. The number of carbonyl (C=O) groups is 1. The number of rotatable bonds is 2. The Hall–Kier alpha value is -1.22. The van der Waals surface area contributed by atoms with Crippen LogP contribution in [0.5, 0.6) is 0 Å². The van der Waals surface area contributed by atoms with Crippen molar-refractivity contribution in [3.05, 3.63) is 63.1 Å². The summed E-state index contributed by atoms with van der Waals surface area (Å²) in [6.45, 7) is 0. The maximum Gasteiger partial charge on any atom is 0.257 e. The molecule has 0 radical (unpaired) electrons. The molecule has 0 atom stereocenters. The molecule has 2 aromatic rings. The Morgan fingerprint density at radius 3 is 2.39 bits per heavy atom. The summed E-state index contributed by atoms with van der Waals surface area (Å²) in [5, 5.41) is 3.96. The second-order valence-corrected chi connectivity index (χ2v) is 4.81. The van der Waals surface area contributed by atoms with Gasteiger partial charge < -0.3 is 5.32 Å². The Balaban J connectivity index is 2.27. The Kier molecular flexibility index (Phi) is 4.12. The minimum absolute atomic E-state index is 0.329. The summed E-state index contributed by atoms with van der Waals surface area (Å²) in [5.41, 5.74) is 0.837. The zero-order valence-electron chi connectivity index (χ0n) is 9.08. The molecule has 0 saturated carbocycles. The Labute approximate surface area is 119 Å². The van der Waals surface area contributed by atoms with Gasteiger partial charge in [-0.25, -0.2) is 0 Å². The van der Waals surface area contributed by atoms with E-state index in [1.54, 1.807) is 42.5 Å². The molecule has 1 N–H and O–H groups in total. The van der Waals surface area contributed by atoms with Gasteiger partial charge in [-0.05, 0) is 30.3 Å². The minimum atomic E-state index is -0.329. The van der Waals surface area contributed by atoms with Gasteiger partial charge in [0, 0.05) is 5.02 Å².